The van der Waals surface area contributed by atoms with Crippen LogP contribution in [0.15, 0.2) is 40.4 Å². The number of nitro groups is 1. The van der Waals surface area contributed by atoms with E-state index in [9.17, 15) is 23.7 Å². The Balaban J connectivity index is 1.65. The summed E-state index contributed by atoms with van der Waals surface area (Å²) in [4.78, 5) is 23.8. The first kappa shape index (κ1) is 23.7. The Labute approximate surface area is 196 Å². The van der Waals surface area contributed by atoms with Crippen molar-refractivity contribution < 1.29 is 23.6 Å². The SMILES string of the molecule is O=C(Nc1c(F)cc(C2CCCC2)cc1F)c1cc([N+](=O)[O-])ccc1Sc1nnnn1CCO. The highest BCUT2D eigenvalue weighted by Gasteiger charge is 2.24. The number of tetrazole rings is 1. The maximum atomic E-state index is 14.8. The van der Waals surface area contributed by atoms with E-state index >= 15 is 0 Å². The maximum absolute atomic E-state index is 14.8. The number of aromatic nitrogens is 4. The van der Waals surface area contributed by atoms with Crippen molar-refractivity contribution in [3.05, 3.63) is 63.2 Å². The minimum absolute atomic E-state index is 0.0819. The molecule has 3 aromatic rings. The van der Waals surface area contributed by atoms with E-state index < -0.39 is 28.2 Å². The van der Waals surface area contributed by atoms with Crippen LogP contribution in [0.2, 0.25) is 0 Å². The number of carbonyl (C=O) groups excluding carboxylic acids is 1. The number of hydrogen-bond acceptors (Lipinski definition) is 8. The smallest absolute Gasteiger partial charge is 0.270 e. The van der Waals surface area contributed by atoms with Gasteiger partial charge in [0.15, 0.2) is 0 Å². The van der Waals surface area contributed by atoms with Gasteiger partial charge in [-0.05, 0) is 64.7 Å². The second-order valence-corrected chi connectivity index (χ2v) is 8.75. The molecule has 0 spiro atoms. The van der Waals surface area contributed by atoms with E-state index in [1.165, 1.54) is 28.9 Å². The molecular formula is C21H20F2N6O4S. The summed E-state index contributed by atoms with van der Waals surface area (Å²) >= 11 is 0.919. The van der Waals surface area contributed by atoms with Gasteiger partial charge >= 0.3 is 0 Å². The lowest BCUT2D eigenvalue weighted by Crippen LogP contribution is -2.16. The van der Waals surface area contributed by atoms with Gasteiger partial charge in [0.2, 0.25) is 5.16 Å². The summed E-state index contributed by atoms with van der Waals surface area (Å²) in [6.07, 6.45) is 3.71. The van der Waals surface area contributed by atoms with Gasteiger partial charge in [-0.15, -0.1) is 5.10 Å². The fourth-order valence-electron chi connectivity index (χ4n) is 3.89. The summed E-state index contributed by atoms with van der Waals surface area (Å²) in [7, 11) is 0. The lowest BCUT2D eigenvalue weighted by molar-refractivity contribution is -0.384. The van der Waals surface area contributed by atoms with Crippen molar-refractivity contribution >= 4 is 29.0 Å². The van der Waals surface area contributed by atoms with Gasteiger partial charge in [0, 0.05) is 17.0 Å². The number of aliphatic hydroxyl groups is 1. The first-order chi connectivity index (χ1) is 16.4. The van der Waals surface area contributed by atoms with Gasteiger partial charge in [-0.2, -0.15) is 0 Å². The van der Waals surface area contributed by atoms with Crippen LogP contribution in [0.4, 0.5) is 20.2 Å². The van der Waals surface area contributed by atoms with Crippen molar-refractivity contribution in [3.63, 3.8) is 0 Å². The monoisotopic (exact) mass is 490 g/mol. The Hall–Kier alpha value is -3.45. The molecule has 34 heavy (non-hydrogen) atoms. The van der Waals surface area contributed by atoms with Crippen LogP contribution in [0.3, 0.4) is 0 Å². The van der Waals surface area contributed by atoms with Crippen molar-refractivity contribution in [2.24, 2.45) is 0 Å². The highest BCUT2D eigenvalue weighted by atomic mass is 32.2. The largest absolute Gasteiger partial charge is 0.394 e. The molecular weight excluding hydrogens is 470 g/mol. The predicted molar refractivity (Wildman–Crippen MR) is 118 cm³/mol. The molecule has 10 nitrogen and oxygen atoms in total. The van der Waals surface area contributed by atoms with E-state index in [1.807, 2.05) is 0 Å². The van der Waals surface area contributed by atoms with E-state index in [4.69, 9.17) is 5.11 Å². The van der Waals surface area contributed by atoms with E-state index in [0.717, 1.165) is 43.5 Å². The fourth-order valence-corrected chi connectivity index (χ4v) is 4.79. The molecule has 1 aliphatic carbocycles. The lowest BCUT2D eigenvalue weighted by atomic mass is 9.97. The van der Waals surface area contributed by atoms with Crippen LogP contribution in [0.25, 0.3) is 0 Å². The Morgan fingerprint density at radius 3 is 2.59 bits per heavy atom. The minimum atomic E-state index is -0.932. The van der Waals surface area contributed by atoms with Gasteiger partial charge in [-0.3, -0.25) is 14.9 Å². The van der Waals surface area contributed by atoms with Gasteiger partial charge in [0.1, 0.15) is 17.3 Å². The number of rotatable bonds is 8. The van der Waals surface area contributed by atoms with Crippen LogP contribution < -0.4 is 5.32 Å². The Morgan fingerprint density at radius 1 is 1.24 bits per heavy atom. The third-order valence-corrected chi connectivity index (χ3v) is 6.61. The minimum Gasteiger partial charge on any atom is -0.394 e. The standard InChI is InChI=1S/C21H20F2N6O4S/c22-16-9-13(12-3-1-2-4-12)10-17(23)19(16)24-20(31)15-11-14(29(32)33)5-6-18(15)34-21-25-26-27-28(21)7-8-30/h5-6,9-12,30H,1-4,7-8H2,(H,24,31). The molecule has 2 aromatic carbocycles. The van der Waals surface area contributed by atoms with E-state index in [2.05, 4.69) is 20.8 Å². The summed E-state index contributed by atoms with van der Waals surface area (Å²) in [6, 6.07) is 5.98. The van der Waals surface area contributed by atoms with Crippen LogP contribution in [0.1, 0.15) is 47.5 Å². The molecule has 1 aromatic heterocycles. The van der Waals surface area contributed by atoms with Crippen LogP contribution in [-0.2, 0) is 6.54 Å². The highest BCUT2D eigenvalue weighted by Crippen LogP contribution is 2.37. The number of nitrogens with one attached hydrogen (secondary N) is 1. The van der Waals surface area contributed by atoms with Gasteiger partial charge < -0.3 is 10.4 Å². The van der Waals surface area contributed by atoms with Crippen LogP contribution in [0.5, 0.6) is 0 Å². The van der Waals surface area contributed by atoms with Crippen molar-refractivity contribution in [1.82, 2.24) is 20.2 Å². The third kappa shape index (κ3) is 5.04. The van der Waals surface area contributed by atoms with E-state index in [-0.39, 0.29) is 40.4 Å². The van der Waals surface area contributed by atoms with Crippen LogP contribution in [0, 0.1) is 21.7 Å². The molecule has 0 saturated heterocycles. The number of carbonyl (C=O) groups is 1. The molecule has 1 saturated carbocycles. The normalized spacial score (nSPS) is 13.9. The van der Waals surface area contributed by atoms with Gasteiger partial charge in [-0.25, -0.2) is 13.5 Å². The average molecular weight is 490 g/mol. The first-order valence-electron chi connectivity index (χ1n) is 10.5. The average Bonchev–Trinajstić information content (AvgIpc) is 3.49. The molecule has 0 radical (unpaired) electrons. The number of benzene rings is 2. The molecule has 1 amide bonds. The maximum Gasteiger partial charge on any atom is 0.270 e. The summed E-state index contributed by atoms with van der Waals surface area (Å²) in [5.41, 5.74) is -0.634. The lowest BCUT2D eigenvalue weighted by Gasteiger charge is -2.14. The number of aliphatic hydroxyl groups excluding tert-OH is 1. The first-order valence-corrected chi connectivity index (χ1v) is 11.3. The number of hydrogen-bond donors (Lipinski definition) is 2. The second kappa shape index (κ2) is 10.2. The van der Waals surface area contributed by atoms with E-state index in [0.29, 0.717) is 5.56 Å². The summed E-state index contributed by atoms with van der Waals surface area (Å²) in [5.74, 6) is -2.68. The number of anilines is 1. The molecule has 0 unspecified atom stereocenters. The van der Waals surface area contributed by atoms with Gasteiger partial charge in [0.25, 0.3) is 11.6 Å². The summed E-state index contributed by atoms with van der Waals surface area (Å²) in [5, 5.41) is 33.9. The molecule has 1 aliphatic rings. The molecule has 4 rings (SSSR count). The zero-order valence-corrected chi connectivity index (χ0v) is 18.6. The third-order valence-electron chi connectivity index (χ3n) is 5.56. The van der Waals surface area contributed by atoms with Crippen molar-refractivity contribution in [2.45, 2.75) is 48.2 Å². The second-order valence-electron chi connectivity index (χ2n) is 7.74. The van der Waals surface area contributed by atoms with Crippen molar-refractivity contribution in [2.75, 3.05) is 11.9 Å². The van der Waals surface area contributed by atoms with Crippen LogP contribution in [-0.4, -0.2) is 42.8 Å². The van der Waals surface area contributed by atoms with Crippen molar-refractivity contribution in [3.8, 4) is 0 Å². The number of nitrogens with zero attached hydrogens (tertiary/aromatic N) is 5. The fraction of sp³-hybridized carbons (Fsp3) is 0.333. The summed E-state index contributed by atoms with van der Waals surface area (Å²) in [6.45, 7) is -0.144. The molecule has 1 fully saturated rings. The zero-order chi connectivity index (χ0) is 24.2. The van der Waals surface area contributed by atoms with Gasteiger partial charge in [-0.1, -0.05) is 12.8 Å². The number of nitro benzene ring substituents is 1. The predicted octanol–water partition coefficient (Wildman–Crippen LogP) is 3.91. The molecule has 1 heterocycles. The highest BCUT2D eigenvalue weighted by molar-refractivity contribution is 7.99. The van der Waals surface area contributed by atoms with E-state index in [1.54, 1.807) is 0 Å². The van der Waals surface area contributed by atoms with Crippen LogP contribution >= 0.6 is 11.8 Å². The molecule has 0 bridgehead atoms. The van der Waals surface area contributed by atoms with Crippen molar-refractivity contribution in [1.29, 1.82) is 0 Å². The Kier molecular flexibility index (Phi) is 7.12. The number of amides is 1. The Bertz CT molecular complexity index is 1210. The zero-order valence-electron chi connectivity index (χ0n) is 17.8. The molecule has 2 N–H and O–H groups in total. The molecule has 178 valence electrons. The molecule has 13 heteroatoms. The quantitative estimate of drug-likeness (QED) is 0.358. The van der Waals surface area contributed by atoms with Gasteiger partial charge in [0.05, 0.1) is 23.6 Å². The number of halogens is 2. The molecule has 0 aliphatic heterocycles. The Morgan fingerprint density at radius 2 is 1.94 bits per heavy atom. The topological polar surface area (TPSA) is 136 Å². The summed E-state index contributed by atoms with van der Waals surface area (Å²) < 4.78 is 30.8. The number of non-ortho nitro benzene ring substituents is 1. The molecule has 0 atom stereocenters.